The Morgan fingerprint density at radius 3 is 2.23 bits per heavy atom. The number of carbonyl (C=O) groups excluding carboxylic acids is 1. The fraction of sp³-hybridized carbons (Fsp3) is 0.350. The van der Waals surface area contributed by atoms with Gasteiger partial charge in [0.25, 0.3) is 0 Å². The third-order valence-corrected chi connectivity index (χ3v) is 6.46. The first-order valence-corrected chi connectivity index (χ1v) is 12.0. The van der Waals surface area contributed by atoms with Crippen LogP contribution in [0, 0.1) is 17.5 Å². The summed E-state index contributed by atoms with van der Waals surface area (Å²) in [6.45, 7) is 1.56. The number of thioether (sulfide) groups is 1. The van der Waals surface area contributed by atoms with Crippen LogP contribution in [0.4, 0.5) is 13.2 Å². The summed E-state index contributed by atoms with van der Waals surface area (Å²) < 4.78 is 69.0. The molecule has 30 heavy (non-hydrogen) atoms. The van der Waals surface area contributed by atoms with Crippen molar-refractivity contribution in [3.8, 4) is 0 Å². The Morgan fingerprint density at radius 1 is 1.03 bits per heavy atom. The lowest BCUT2D eigenvalue weighted by Crippen LogP contribution is -2.49. The highest BCUT2D eigenvalue weighted by atomic mass is 32.2. The quantitative estimate of drug-likeness (QED) is 0.571. The largest absolute Gasteiger partial charge is 0.352 e. The van der Waals surface area contributed by atoms with Gasteiger partial charge in [0.15, 0.2) is 0 Å². The molecule has 2 unspecified atom stereocenters. The van der Waals surface area contributed by atoms with E-state index in [9.17, 15) is 26.4 Å². The van der Waals surface area contributed by atoms with E-state index in [0.29, 0.717) is 5.75 Å². The zero-order chi connectivity index (χ0) is 22.3. The molecule has 2 N–H and O–H groups in total. The van der Waals surface area contributed by atoms with E-state index in [2.05, 4.69) is 10.0 Å². The van der Waals surface area contributed by atoms with Gasteiger partial charge in [0.1, 0.15) is 28.4 Å². The molecule has 2 atom stereocenters. The van der Waals surface area contributed by atoms with Gasteiger partial charge in [-0.25, -0.2) is 21.6 Å². The van der Waals surface area contributed by atoms with Gasteiger partial charge in [-0.05, 0) is 56.0 Å². The molecule has 2 aromatic carbocycles. The molecule has 0 saturated carbocycles. The summed E-state index contributed by atoms with van der Waals surface area (Å²) >= 11 is 1.41. The summed E-state index contributed by atoms with van der Waals surface area (Å²) in [6.07, 6.45) is 1.84. The first-order valence-electron chi connectivity index (χ1n) is 9.14. The predicted octanol–water partition coefficient (Wildman–Crippen LogP) is 3.25. The normalized spacial score (nSPS) is 13.6. The molecule has 2 aromatic rings. The minimum atomic E-state index is -4.29. The first-order chi connectivity index (χ1) is 14.2. The van der Waals surface area contributed by atoms with Crippen molar-refractivity contribution in [2.75, 3.05) is 12.0 Å². The topological polar surface area (TPSA) is 75.3 Å². The maximum absolute atomic E-state index is 13.9. The maximum atomic E-state index is 13.9. The maximum Gasteiger partial charge on any atom is 0.244 e. The number of hydrogen-bond donors (Lipinski definition) is 2. The molecule has 0 bridgehead atoms. The Bertz CT molecular complexity index is 967. The van der Waals surface area contributed by atoms with Crippen molar-refractivity contribution < 1.29 is 26.4 Å². The van der Waals surface area contributed by atoms with Gasteiger partial charge < -0.3 is 5.32 Å². The van der Waals surface area contributed by atoms with Gasteiger partial charge in [-0.1, -0.05) is 18.2 Å². The molecule has 164 valence electrons. The number of carbonyl (C=O) groups is 1. The highest BCUT2D eigenvalue weighted by Crippen LogP contribution is 2.16. The summed E-state index contributed by atoms with van der Waals surface area (Å²) in [6, 6.07) is 6.49. The SMILES string of the molecule is CSCCC(NS(=O)(=O)c1ccccc1F)C(=O)NC(C)Cc1c(F)cccc1F. The molecule has 0 aromatic heterocycles. The third-order valence-electron chi connectivity index (χ3n) is 4.31. The standard InChI is InChI=1S/C20H23F3N2O3S2/c1-13(12-14-15(21)7-5-8-16(14)22)24-20(26)18(10-11-29-2)25-30(27,28)19-9-4-3-6-17(19)23/h3-9,13,18,25H,10-12H2,1-2H3,(H,24,26). The van der Waals surface area contributed by atoms with Gasteiger partial charge in [0, 0.05) is 11.6 Å². The summed E-state index contributed by atoms with van der Waals surface area (Å²) in [7, 11) is -4.29. The van der Waals surface area contributed by atoms with Crippen LogP contribution in [0.2, 0.25) is 0 Å². The minimum Gasteiger partial charge on any atom is -0.352 e. The van der Waals surface area contributed by atoms with Crippen LogP contribution in [0.25, 0.3) is 0 Å². The van der Waals surface area contributed by atoms with E-state index in [4.69, 9.17) is 0 Å². The van der Waals surface area contributed by atoms with Crippen molar-refractivity contribution in [3.05, 3.63) is 65.5 Å². The molecule has 0 radical (unpaired) electrons. The Kier molecular flexibility index (Phi) is 8.75. The van der Waals surface area contributed by atoms with Gasteiger partial charge >= 0.3 is 0 Å². The van der Waals surface area contributed by atoms with Crippen molar-refractivity contribution in [1.29, 1.82) is 0 Å². The van der Waals surface area contributed by atoms with E-state index in [0.717, 1.165) is 24.3 Å². The van der Waals surface area contributed by atoms with E-state index in [1.165, 1.54) is 30.0 Å². The van der Waals surface area contributed by atoms with Crippen molar-refractivity contribution in [3.63, 3.8) is 0 Å². The second kappa shape index (κ2) is 10.8. The second-order valence-corrected chi connectivity index (χ2v) is 9.37. The number of rotatable bonds is 10. The molecule has 0 spiro atoms. The smallest absolute Gasteiger partial charge is 0.244 e. The summed E-state index contributed by atoms with van der Waals surface area (Å²) in [5, 5.41) is 2.58. The summed E-state index contributed by atoms with van der Waals surface area (Å²) in [5.41, 5.74) is -0.169. The third kappa shape index (κ3) is 6.48. The average molecular weight is 461 g/mol. The predicted molar refractivity (Wildman–Crippen MR) is 111 cm³/mol. The van der Waals surface area contributed by atoms with Crippen LogP contribution in [-0.2, 0) is 21.2 Å². The number of sulfonamides is 1. The fourth-order valence-corrected chi connectivity index (χ4v) is 4.60. The van der Waals surface area contributed by atoms with Crippen LogP contribution in [0.3, 0.4) is 0 Å². The summed E-state index contributed by atoms with van der Waals surface area (Å²) in [4.78, 5) is 12.1. The van der Waals surface area contributed by atoms with E-state index < -0.39 is 50.4 Å². The number of hydrogen-bond acceptors (Lipinski definition) is 4. The molecule has 0 saturated heterocycles. The Labute approximate surface area is 178 Å². The van der Waals surface area contributed by atoms with Crippen molar-refractivity contribution in [1.82, 2.24) is 10.0 Å². The van der Waals surface area contributed by atoms with Crippen LogP contribution in [-0.4, -0.2) is 38.4 Å². The molecule has 0 aliphatic heterocycles. The lowest BCUT2D eigenvalue weighted by atomic mass is 10.1. The monoisotopic (exact) mass is 460 g/mol. The van der Waals surface area contributed by atoms with Crippen molar-refractivity contribution >= 4 is 27.7 Å². The number of halogens is 3. The van der Waals surface area contributed by atoms with Crippen LogP contribution in [0.1, 0.15) is 18.9 Å². The van der Waals surface area contributed by atoms with Gasteiger partial charge in [-0.15, -0.1) is 0 Å². The second-order valence-electron chi connectivity index (χ2n) is 6.70. The highest BCUT2D eigenvalue weighted by molar-refractivity contribution is 7.98. The van der Waals surface area contributed by atoms with Crippen molar-refractivity contribution in [2.45, 2.75) is 36.7 Å². The highest BCUT2D eigenvalue weighted by Gasteiger charge is 2.28. The lowest BCUT2D eigenvalue weighted by Gasteiger charge is -2.21. The molecule has 1 amide bonds. The molecule has 10 heteroatoms. The first kappa shape index (κ1) is 24.2. The van der Waals surface area contributed by atoms with Crippen molar-refractivity contribution in [2.24, 2.45) is 0 Å². The molecule has 0 fully saturated rings. The molecular weight excluding hydrogens is 437 g/mol. The molecule has 0 heterocycles. The number of amides is 1. The number of nitrogens with one attached hydrogen (secondary N) is 2. The lowest BCUT2D eigenvalue weighted by molar-refractivity contribution is -0.123. The van der Waals surface area contributed by atoms with E-state index >= 15 is 0 Å². The molecule has 0 aliphatic rings. The Morgan fingerprint density at radius 2 is 1.63 bits per heavy atom. The van der Waals surface area contributed by atoms with Gasteiger partial charge in [0.05, 0.1) is 0 Å². The van der Waals surface area contributed by atoms with Crippen LogP contribution in [0.15, 0.2) is 47.4 Å². The zero-order valence-electron chi connectivity index (χ0n) is 16.5. The van der Waals surface area contributed by atoms with Crippen LogP contribution < -0.4 is 10.0 Å². The van der Waals surface area contributed by atoms with Gasteiger partial charge in [-0.3, -0.25) is 4.79 Å². The van der Waals surface area contributed by atoms with E-state index in [1.807, 2.05) is 0 Å². The van der Waals surface area contributed by atoms with Crippen LogP contribution >= 0.6 is 11.8 Å². The van der Waals surface area contributed by atoms with E-state index in [-0.39, 0.29) is 18.4 Å². The minimum absolute atomic E-state index is 0.112. The Hall–Kier alpha value is -2.04. The number of benzene rings is 2. The summed E-state index contributed by atoms with van der Waals surface area (Å²) in [5.74, 6) is -2.58. The van der Waals surface area contributed by atoms with E-state index in [1.54, 1.807) is 13.2 Å². The molecular formula is C20H23F3N2O3S2. The van der Waals surface area contributed by atoms with Crippen LogP contribution in [0.5, 0.6) is 0 Å². The fourth-order valence-electron chi connectivity index (χ4n) is 2.82. The molecule has 0 aliphatic carbocycles. The average Bonchev–Trinajstić information content (AvgIpc) is 2.68. The van der Waals surface area contributed by atoms with Gasteiger partial charge in [0.2, 0.25) is 15.9 Å². The zero-order valence-corrected chi connectivity index (χ0v) is 18.1. The Balaban J connectivity index is 2.14. The molecule has 2 rings (SSSR count). The molecule has 5 nitrogen and oxygen atoms in total. The van der Waals surface area contributed by atoms with Gasteiger partial charge in [-0.2, -0.15) is 16.5 Å².